The summed E-state index contributed by atoms with van der Waals surface area (Å²) in [6.07, 6.45) is 2.99. The third-order valence-corrected chi connectivity index (χ3v) is 8.34. The van der Waals surface area contributed by atoms with Crippen LogP contribution in [0.3, 0.4) is 0 Å². The molecule has 0 saturated heterocycles. The largest absolute Gasteiger partial charge is 0.444 e. The SMILES string of the molecule is C=S1(=O)C[C@@](C)(c2sc(-c3cccc(-c4cnco4)c3)cc2F)N=C(N)N1C. The first-order valence-electron chi connectivity index (χ1n) is 8.43. The van der Waals surface area contributed by atoms with Gasteiger partial charge in [0, 0.05) is 17.5 Å². The first kappa shape index (κ1) is 18.7. The Morgan fingerprint density at radius 2 is 2.14 bits per heavy atom. The second kappa shape index (κ2) is 6.46. The highest BCUT2D eigenvalue weighted by molar-refractivity contribution is 7.98. The summed E-state index contributed by atoms with van der Waals surface area (Å²) in [4.78, 5) is 9.49. The van der Waals surface area contributed by atoms with Crippen molar-refractivity contribution in [2.45, 2.75) is 12.5 Å². The van der Waals surface area contributed by atoms with Gasteiger partial charge in [-0.2, -0.15) is 0 Å². The Bertz CT molecular complexity index is 1170. The van der Waals surface area contributed by atoms with E-state index in [1.54, 1.807) is 20.2 Å². The fourth-order valence-electron chi connectivity index (χ4n) is 3.24. The molecular formula is C19H19FN4O2S2. The van der Waals surface area contributed by atoms with Crippen LogP contribution in [0, 0.1) is 5.82 Å². The number of aliphatic imine (C=N–C) groups is 1. The van der Waals surface area contributed by atoms with Crippen molar-refractivity contribution >= 4 is 32.9 Å². The molecular weight excluding hydrogens is 399 g/mol. The van der Waals surface area contributed by atoms with Crippen molar-refractivity contribution in [1.82, 2.24) is 9.29 Å². The molecule has 1 aliphatic heterocycles. The van der Waals surface area contributed by atoms with Gasteiger partial charge in [-0.15, -0.1) is 11.3 Å². The molecule has 6 nitrogen and oxygen atoms in total. The summed E-state index contributed by atoms with van der Waals surface area (Å²) in [5, 5.41) is 0. The third-order valence-electron chi connectivity index (χ3n) is 4.73. The van der Waals surface area contributed by atoms with E-state index in [-0.39, 0.29) is 11.7 Å². The molecule has 9 heteroatoms. The number of oxazole rings is 1. The Labute approximate surface area is 166 Å². The van der Waals surface area contributed by atoms with E-state index >= 15 is 0 Å². The van der Waals surface area contributed by atoms with E-state index in [1.165, 1.54) is 28.1 Å². The summed E-state index contributed by atoms with van der Waals surface area (Å²) in [5.41, 5.74) is 6.58. The van der Waals surface area contributed by atoms with Gasteiger partial charge in [-0.05, 0) is 30.5 Å². The van der Waals surface area contributed by atoms with Gasteiger partial charge in [0.2, 0.25) is 5.96 Å². The van der Waals surface area contributed by atoms with Crippen LogP contribution in [-0.2, 0) is 15.2 Å². The van der Waals surface area contributed by atoms with Gasteiger partial charge in [-0.3, -0.25) is 4.31 Å². The quantitative estimate of drug-likeness (QED) is 0.662. The predicted octanol–water partition coefficient (Wildman–Crippen LogP) is 3.32. The zero-order chi connectivity index (χ0) is 20.1. The number of rotatable bonds is 3. The third kappa shape index (κ3) is 3.10. The first-order chi connectivity index (χ1) is 13.2. The fourth-order valence-corrected chi connectivity index (χ4v) is 6.12. The van der Waals surface area contributed by atoms with Gasteiger partial charge in [-0.1, -0.05) is 18.2 Å². The minimum Gasteiger partial charge on any atom is -0.444 e. The average Bonchev–Trinajstić information content (AvgIpc) is 3.29. The minimum absolute atomic E-state index is 0.0895. The van der Waals surface area contributed by atoms with E-state index in [1.807, 2.05) is 24.3 Å². The number of hydrogen-bond donors (Lipinski definition) is 1. The Morgan fingerprint density at radius 3 is 2.82 bits per heavy atom. The maximum absolute atomic E-state index is 14.9. The molecule has 3 heterocycles. The molecule has 4 rings (SSSR count). The van der Waals surface area contributed by atoms with E-state index in [9.17, 15) is 8.60 Å². The van der Waals surface area contributed by atoms with E-state index < -0.39 is 21.1 Å². The Kier molecular flexibility index (Phi) is 4.31. The molecule has 0 aliphatic carbocycles. The molecule has 2 N–H and O–H groups in total. The van der Waals surface area contributed by atoms with E-state index in [0.29, 0.717) is 10.6 Å². The van der Waals surface area contributed by atoms with Crippen LogP contribution in [0.2, 0.25) is 0 Å². The minimum atomic E-state index is -2.68. The van der Waals surface area contributed by atoms with Crippen molar-refractivity contribution in [3.63, 3.8) is 0 Å². The number of benzene rings is 1. The van der Waals surface area contributed by atoms with Crippen LogP contribution in [0.4, 0.5) is 4.39 Å². The smallest absolute Gasteiger partial charge is 0.203 e. The summed E-state index contributed by atoms with van der Waals surface area (Å²) >= 11 is 1.27. The number of halogens is 1. The van der Waals surface area contributed by atoms with Crippen molar-refractivity contribution in [2.24, 2.45) is 10.7 Å². The standard InChI is InChI=1S/C19H19FN4O2S2/c1-19(10-28(3,25)24(2)18(21)23-19)17-14(20)8-16(27-17)13-6-4-5-12(7-13)15-9-22-11-26-15/h4-9,11H,3,10H2,1-2H3,(H2,21,23)/t19-,28?/m0/s1. The molecule has 1 aliphatic rings. The second-order valence-corrected chi connectivity index (χ2v) is 10.3. The molecule has 1 unspecified atom stereocenters. The molecule has 0 radical (unpaired) electrons. The van der Waals surface area contributed by atoms with Crippen LogP contribution < -0.4 is 5.73 Å². The van der Waals surface area contributed by atoms with Crippen molar-refractivity contribution in [2.75, 3.05) is 12.8 Å². The van der Waals surface area contributed by atoms with Gasteiger partial charge in [0.25, 0.3) is 0 Å². The Hall–Kier alpha value is -2.65. The second-order valence-electron chi connectivity index (χ2n) is 6.89. The van der Waals surface area contributed by atoms with E-state index in [4.69, 9.17) is 10.2 Å². The average molecular weight is 419 g/mol. The topological polar surface area (TPSA) is 84.7 Å². The summed E-state index contributed by atoms with van der Waals surface area (Å²) in [7, 11) is -1.09. The zero-order valence-electron chi connectivity index (χ0n) is 15.4. The highest BCUT2D eigenvalue weighted by Gasteiger charge is 2.40. The van der Waals surface area contributed by atoms with Gasteiger partial charge in [0.15, 0.2) is 12.2 Å². The molecule has 0 amide bonds. The molecule has 0 saturated carbocycles. The van der Waals surface area contributed by atoms with Gasteiger partial charge >= 0.3 is 0 Å². The number of nitrogens with zero attached hydrogens (tertiary/aromatic N) is 3. The lowest BCUT2D eigenvalue weighted by Crippen LogP contribution is -2.50. The molecule has 1 aromatic carbocycles. The summed E-state index contributed by atoms with van der Waals surface area (Å²) in [6, 6.07) is 9.05. The van der Waals surface area contributed by atoms with Crippen LogP contribution in [0.1, 0.15) is 11.8 Å². The van der Waals surface area contributed by atoms with Crippen molar-refractivity contribution < 1.29 is 13.0 Å². The molecule has 0 spiro atoms. The summed E-state index contributed by atoms with van der Waals surface area (Å²) < 4.78 is 34.4. The summed E-state index contributed by atoms with van der Waals surface area (Å²) in [6.45, 7) is 1.74. The van der Waals surface area contributed by atoms with E-state index in [0.717, 1.165) is 16.0 Å². The van der Waals surface area contributed by atoms with Crippen LogP contribution >= 0.6 is 11.3 Å². The highest BCUT2D eigenvalue weighted by Crippen LogP contribution is 2.41. The van der Waals surface area contributed by atoms with Gasteiger partial charge < -0.3 is 10.2 Å². The monoisotopic (exact) mass is 418 g/mol. The maximum atomic E-state index is 14.9. The van der Waals surface area contributed by atoms with Gasteiger partial charge in [0.05, 0.1) is 26.5 Å². The van der Waals surface area contributed by atoms with Gasteiger partial charge in [0.1, 0.15) is 11.4 Å². The maximum Gasteiger partial charge on any atom is 0.203 e. The van der Waals surface area contributed by atoms with Crippen molar-refractivity contribution in [3.8, 4) is 21.8 Å². The van der Waals surface area contributed by atoms with Crippen LogP contribution in [0.5, 0.6) is 0 Å². The molecule has 2 aromatic heterocycles. The van der Waals surface area contributed by atoms with Crippen LogP contribution in [-0.4, -0.2) is 38.1 Å². The van der Waals surface area contributed by atoms with Gasteiger partial charge in [-0.25, -0.2) is 18.6 Å². The Balaban J connectivity index is 1.77. The summed E-state index contributed by atoms with van der Waals surface area (Å²) in [5.74, 6) is 4.19. The Morgan fingerprint density at radius 1 is 1.39 bits per heavy atom. The van der Waals surface area contributed by atoms with E-state index in [2.05, 4.69) is 15.8 Å². The lowest BCUT2D eigenvalue weighted by atomic mass is 10.0. The van der Waals surface area contributed by atoms with Crippen LogP contribution in [0.25, 0.3) is 21.8 Å². The molecule has 0 fully saturated rings. The molecule has 3 aromatic rings. The highest BCUT2D eigenvalue weighted by atomic mass is 32.2. The number of hydrogen-bond acceptors (Lipinski definition) is 6. The lowest BCUT2D eigenvalue weighted by Gasteiger charge is -2.36. The molecule has 2 atom stereocenters. The normalized spacial score (nSPS) is 25.0. The lowest BCUT2D eigenvalue weighted by molar-refractivity contribution is 0.493. The number of thiophene rings is 1. The molecule has 28 heavy (non-hydrogen) atoms. The first-order valence-corrected chi connectivity index (χ1v) is 11.1. The number of aromatic nitrogens is 1. The number of nitrogens with two attached hydrogens (primary N) is 1. The predicted molar refractivity (Wildman–Crippen MR) is 112 cm³/mol. The molecule has 146 valence electrons. The van der Waals surface area contributed by atoms with Crippen molar-refractivity contribution in [3.05, 3.63) is 53.6 Å². The zero-order valence-corrected chi connectivity index (χ0v) is 17.0. The van der Waals surface area contributed by atoms with Crippen LogP contribution in [0.15, 0.2) is 52.3 Å². The number of guanidine groups is 1. The van der Waals surface area contributed by atoms with Crippen molar-refractivity contribution in [1.29, 1.82) is 0 Å². The molecule has 0 bridgehead atoms. The fraction of sp³-hybridized carbons (Fsp3) is 0.211.